The Hall–Kier alpha value is -2.38. The molecule has 1 fully saturated rings. The van der Waals surface area contributed by atoms with Crippen LogP contribution in [0.25, 0.3) is 11.5 Å². The Labute approximate surface area is 190 Å². The number of rotatable bonds is 11. The van der Waals surface area contributed by atoms with Gasteiger partial charge in [-0.1, -0.05) is 19.4 Å². The van der Waals surface area contributed by atoms with Gasteiger partial charge in [0.2, 0.25) is 5.89 Å². The van der Waals surface area contributed by atoms with Crippen LogP contribution < -0.4 is 4.74 Å². The summed E-state index contributed by atoms with van der Waals surface area (Å²) in [5, 5.41) is 9.23. The minimum atomic E-state index is -1.15. The number of hydrogen-bond acceptors (Lipinski definition) is 6. The molecule has 3 rings (SSSR count). The van der Waals surface area contributed by atoms with Gasteiger partial charge >= 0.3 is 5.97 Å². The first-order valence-corrected chi connectivity index (χ1v) is 11.4. The number of carboxylic acid groups (broad SMARTS) is 1. The number of benzene rings is 1. The lowest BCUT2D eigenvalue weighted by Crippen LogP contribution is -2.37. The Kier molecular flexibility index (Phi) is 8.32. The van der Waals surface area contributed by atoms with E-state index in [4.69, 9.17) is 18.6 Å². The molecular formula is C25H35NO6. The second kappa shape index (κ2) is 11.0. The molecular weight excluding hydrogens is 410 g/mol. The van der Waals surface area contributed by atoms with E-state index < -0.39 is 11.6 Å². The predicted molar refractivity (Wildman–Crippen MR) is 121 cm³/mol. The number of oxazole rings is 1. The van der Waals surface area contributed by atoms with Crippen LogP contribution in [0, 0.1) is 11.8 Å². The third-order valence-corrected chi connectivity index (χ3v) is 6.09. The van der Waals surface area contributed by atoms with Crippen molar-refractivity contribution in [1.29, 1.82) is 0 Å². The highest BCUT2D eigenvalue weighted by molar-refractivity contribution is 5.76. The van der Waals surface area contributed by atoms with E-state index in [2.05, 4.69) is 4.98 Å². The van der Waals surface area contributed by atoms with Crippen molar-refractivity contribution in [2.45, 2.75) is 65.1 Å². The van der Waals surface area contributed by atoms with Crippen molar-refractivity contribution in [3.05, 3.63) is 35.7 Å². The van der Waals surface area contributed by atoms with Crippen molar-refractivity contribution < 1.29 is 28.5 Å². The normalized spacial score (nSPS) is 19.1. The molecule has 2 atom stereocenters. The Morgan fingerprint density at radius 3 is 2.69 bits per heavy atom. The number of nitrogens with zero attached hydrogens (tertiary/aromatic N) is 1. The lowest BCUT2D eigenvalue weighted by Gasteiger charge is -2.31. The minimum absolute atomic E-state index is 0.369. The molecule has 1 heterocycles. The van der Waals surface area contributed by atoms with Crippen molar-refractivity contribution in [3.8, 4) is 17.2 Å². The molecule has 0 radical (unpaired) electrons. The van der Waals surface area contributed by atoms with Crippen molar-refractivity contribution in [2.24, 2.45) is 11.8 Å². The summed E-state index contributed by atoms with van der Waals surface area (Å²) in [5.41, 5.74) is 0.571. The summed E-state index contributed by atoms with van der Waals surface area (Å²) in [6.45, 7) is 6.79. The van der Waals surface area contributed by atoms with Crippen LogP contribution in [0.5, 0.6) is 5.75 Å². The molecule has 1 saturated carbocycles. The van der Waals surface area contributed by atoms with E-state index in [0.29, 0.717) is 37.5 Å². The Bertz CT molecular complexity index is 890. The summed E-state index contributed by atoms with van der Waals surface area (Å²) >= 11 is 0. The average molecular weight is 446 g/mol. The zero-order valence-electron chi connectivity index (χ0n) is 19.6. The predicted octanol–water partition coefficient (Wildman–Crippen LogP) is 5.12. The average Bonchev–Trinajstić information content (AvgIpc) is 3.21. The lowest BCUT2D eigenvalue weighted by molar-refractivity contribution is -0.163. The highest BCUT2D eigenvalue weighted by atomic mass is 16.5. The molecule has 1 N–H and O–H groups in total. The van der Waals surface area contributed by atoms with Gasteiger partial charge in [0.05, 0.1) is 20.3 Å². The molecule has 1 aromatic heterocycles. The molecule has 32 heavy (non-hydrogen) atoms. The fraction of sp³-hybridized carbons (Fsp3) is 0.600. The van der Waals surface area contributed by atoms with Crippen molar-refractivity contribution in [3.63, 3.8) is 0 Å². The summed E-state index contributed by atoms with van der Waals surface area (Å²) in [6.07, 6.45) is 5.04. The van der Waals surface area contributed by atoms with Crippen LogP contribution in [-0.4, -0.2) is 42.0 Å². The monoisotopic (exact) mass is 445 g/mol. The van der Waals surface area contributed by atoms with Gasteiger partial charge in [-0.3, -0.25) is 0 Å². The molecule has 0 saturated heterocycles. The molecule has 0 spiro atoms. The lowest BCUT2D eigenvalue weighted by atomic mass is 9.82. The van der Waals surface area contributed by atoms with Crippen molar-refractivity contribution in [2.75, 3.05) is 20.3 Å². The second-order valence-electron chi connectivity index (χ2n) is 9.01. The van der Waals surface area contributed by atoms with E-state index in [9.17, 15) is 9.90 Å². The van der Waals surface area contributed by atoms with Crippen molar-refractivity contribution in [1.82, 2.24) is 4.98 Å². The van der Waals surface area contributed by atoms with E-state index in [1.807, 2.05) is 31.2 Å². The topological polar surface area (TPSA) is 91.0 Å². The first kappa shape index (κ1) is 24.3. The SMILES string of the molecule is CCc1oc(-c2cccc(OC)c2)nc1COC[C@@H]1CCC[C@H](COC(C)(C)C(=O)O)C1. The number of carboxylic acids is 1. The van der Waals surface area contributed by atoms with Gasteiger partial charge in [0, 0.05) is 18.6 Å². The molecule has 0 unspecified atom stereocenters. The third kappa shape index (κ3) is 6.33. The van der Waals surface area contributed by atoms with Gasteiger partial charge in [-0.25, -0.2) is 9.78 Å². The maximum atomic E-state index is 11.2. The number of aromatic nitrogens is 1. The summed E-state index contributed by atoms with van der Waals surface area (Å²) in [7, 11) is 1.64. The number of methoxy groups -OCH3 is 1. The molecule has 7 nitrogen and oxygen atoms in total. The largest absolute Gasteiger partial charge is 0.497 e. The maximum Gasteiger partial charge on any atom is 0.335 e. The van der Waals surface area contributed by atoms with E-state index in [1.54, 1.807) is 21.0 Å². The van der Waals surface area contributed by atoms with Gasteiger partial charge in [-0.2, -0.15) is 0 Å². The van der Waals surface area contributed by atoms with E-state index in [1.165, 1.54) is 0 Å². The molecule has 0 bridgehead atoms. The van der Waals surface area contributed by atoms with E-state index in [0.717, 1.165) is 54.9 Å². The zero-order valence-corrected chi connectivity index (χ0v) is 19.6. The molecule has 7 heteroatoms. The van der Waals surface area contributed by atoms with Gasteiger partial charge in [0.15, 0.2) is 5.60 Å². The zero-order chi connectivity index (χ0) is 23.1. The molecule has 2 aromatic rings. The van der Waals surface area contributed by atoms with Gasteiger partial charge < -0.3 is 23.7 Å². The number of aryl methyl sites for hydroxylation is 1. The fourth-order valence-electron chi connectivity index (χ4n) is 4.07. The number of carbonyl (C=O) groups is 1. The van der Waals surface area contributed by atoms with Crippen LogP contribution in [0.1, 0.15) is 57.9 Å². The molecule has 0 amide bonds. The molecule has 1 aliphatic carbocycles. The quantitative estimate of drug-likeness (QED) is 0.513. The van der Waals surface area contributed by atoms with Crippen LogP contribution in [-0.2, 0) is 27.3 Å². The first-order chi connectivity index (χ1) is 15.3. The van der Waals surface area contributed by atoms with Gasteiger partial charge in [0.1, 0.15) is 17.2 Å². The van der Waals surface area contributed by atoms with Gasteiger partial charge in [-0.15, -0.1) is 0 Å². The van der Waals surface area contributed by atoms with Gasteiger partial charge in [-0.05, 0) is 63.1 Å². The van der Waals surface area contributed by atoms with Crippen LogP contribution in [0.15, 0.2) is 28.7 Å². The van der Waals surface area contributed by atoms with Crippen LogP contribution in [0.2, 0.25) is 0 Å². The van der Waals surface area contributed by atoms with Crippen LogP contribution >= 0.6 is 0 Å². The number of ether oxygens (including phenoxy) is 3. The summed E-state index contributed by atoms with van der Waals surface area (Å²) in [6, 6.07) is 7.67. The number of aliphatic carboxylic acids is 1. The highest BCUT2D eigenvalue weighted by Crippen LogP contribution is 2.31. The summed E-state index contributed by atoms with van der Waals surface area (Å²) < 4.78 is 23.0. The smallest absolute Gasteiger partial charge is 0.335 e. The summed E-state index contributed by atoms with van der Waals surface area (Å²) in [4.78, 5) is 15.9. The van der Waals surface area contributed by atoms with Crippen LogP contribution in [0.4, 0.5) is 0 Å². The Morgan fingerprint density at radius 1 is 1.25 bits per heavy atom. The number of hydrogen-bond donors (Lipinski definition) is 1. The molecule has 0 aliphatic heterocycles. The highest BCUT2D eigenvalue weighted by Gasteiger charge is 2.30. The van der Waals surface area contributed by atoms with Gasteiger partial charge in [0.25, 0.3) is 0 Å². The minimum Gasteiger partial charge on any atom is -0.497 e. The third-order valence-electron chi connectivity index (χ3n) is 6.09. The summed E-state index contributed by atoms with van der Waals surface area (Å²) in [5.74, 6) is 2.07. The Morgan fingerprint density at radius 2 is 2.00 bits per heavy atom. The molecule has 176 valence electrons. The molecule has 1 aliphatic rings. The Balaban J connectivity index is 1.52. The molecule has 1 aromatic carbocycles. The van der Waals surface area contributed by atoms with Crippen molar-refractivity contribution >= 4 is 5.97 Å². The fourth-order valence-corrected chi connectivity index (χ4v) is 4.07. The second-order valence-corrected chi connectivity index (χ2v) is 9.01. The first-order valence-electron chi connectivity index (χ1n) is 11.4. The standard InChI is InChI=1S/C25H35NO6/c1-5-22-21(26-23(32-22)19-10-7-11-20(13-19)29-4)16-30-14-17-8-6-9-18(12-17)15-31-25(2,3)24(27)28/h7,10-11,13,17-18H,5-6,8-9,12,14-16H2,1-4H3,(H,27,28)/t17-,18+/m1/s1. The van der Waals surface area contributed by atoms with E-state index in [-0.39, 0.29) is 0 Å². The van der Waals surface area contributed by atoms with E-state index >= 15 is 0 Å². The van der Waals surface area contributed by atoms with Crippen LogP contribution in [0.3, 0.4) is 0 Å². The maximum absolute atomic E-state index is 11.2.